The Morgan fingerprint density at radius 1 is 0.889 bits per heavy atom. The van der Waals surface area contributed by atoms with Crippen LogP contribution in [-0.4, -0.2) is 5.75 Å². The Bertz CT molecular complexity index is 307. The quantitative estimate of drug-likeness (QED) is 0.335. The summed E-state index contributed by atoms with van der Waals surface area (Å²) in [5.41, 5.74) is 1.49. The van der Waals surface area contributed by atoms with E-state index in [1.54, 1.807) is 0 Å². The van der Waals surface area contributed by atoms with E-state index in [4.69, 9.17) is 0 Å². The summed E-state index contributed by atoms with van der Waals surface area (Å²) in [6.07, 6.45) is 6.54. The van der Waals surface area contributed by atoms with Crippen LogP contribution in [0.1, 0.15) is 31.2 Å². The molecule has 0 saturated heterocycles. The fraction of sp³-hybridized carbons (Fsp3) is 0.375. The summed E-state index contributed by atoms with van der Waals surface area (Å²) in [7, 11) is 0. The molecule has 0 spiro atoms. The van der Waals surface area contributed by atoms with Crippen LogP contribution in [0.4, 0.5) is 0 Å². The molecule has 100 valence electrons. The molecule has 0 heterocycles. The molecule has 0 aliphatic carbocycles. The minimum Gasteiger partial charge on any atom is -0.214 e. The van der Waals surface area contributed by atoms with Crippen LogP contribution in [0.15, 0.2) is 54.6 Å². The molecule has 0 aliphatic rings. The molecular formula is C16H22FeS. The summed E-state index contributed by atoms with van der Waals surface area (Å²) in [5.74, 6) is 1.04. The van der Waals surface area contributed by atoms with Crippen LogP contribution in [0.3, 0.4) is 0 Å². The number of rotatable bonds is 6. The van der Waals surface area contributed by atoms with E-state index in [1.807, 2.05) is 30.3 Å². The average Bonchev–Trinajstić information content (AvgIpc) is 3.05. The Kier molecular flexibility index (Phi) is 12.7. The van der Waals surface area contributed by atoms with Crippen LogP contribution in [0, 0.1) is 0 Å². The van der Waals surface area contributed by atoms with Gasteiger partial charge in [0.2, 0.25) is 0 Å². The normalized spacial score (nSPS) is 9.17. The average molecular weight is 302 g/mol. The molecule has 0 bridgehead atoms. The Balaban J connectivity index is 0.000000405. The van der Waals surface area contributed by atoms with Crippen LogP contribution >= 0.6 is 12.6 Å². The minimum atomic E-state index is 0. The van der Waals surface area contributed by atoms with Crippen molar-refractivity contribution in [1.82, 2.24) is 0 Å². The molecular weight excluding hydrogens is 280 g/mol. The second-order valence-corrected chi connectivity index (χ2v) is 4.59. The zero-order valence-corrected chi connectivity index (χ0v) is 12.7. The molecule has 18 heavy (non-hydrogen) atoms. The molecule has 0 saturated carbocycles. The molecule has 2 aromatic rings. The van der Waals surface area contributed by atoms with Gasteiger partial charge in [-0.1, -0.05) is 25.7 Å². The maximum absolute atomic E-state index is 4.18. The van der Waals surface area contributed by atoms with Crippen molar-refractivity contribution >= 4 is 12.6 Å². The third kappa shape index (κ3) is 9.58. The maximum atomic E-state index is 4.18. The number of hydrogen-bond donors (Lipinski definition) is 1. The molecule has 0 aromatic heterocycles. The van der Waals surface area contributed by atoms with Crippen molar-refractivity contribution in [3.63, 3.8) is 0 Å². The van der Waals surface area contributed by atoms with Gasteiger partial charge in [0.05, 0.1) is 0 Å². The van der Waals surface area contributed by atoms with Gasteiger partial charge in [0, 0.05) is 0 Å². The van der Waals surface area contributed by atoms with Gasteiger partial charge < -0.3 is 0 Å². The molecule has 0 nitrogen and oxygen atoms in total. The summed E-state index contributed by atoms with van der Waals surface area (Å²) in [4.78, 5) is 0. The Morgan fingerprint density at radius 2 is 1.61 bits per heavy atom. The van der Waals surface area contributed by atoms with Gasteiger partial charge in [0.25, 0.3) is 0 Å². The van der Waals surface area contributed by atoms with E-state index in [-0.39, 0.29) is 17.1 Å². The summed E-state index contributed by atoms with van der Waals surface area (Å²) in [6.45, 7) is 0. The smallest absolute Gasteiger partial charge is 0.214 e. The zero-order chi connectivity index (χ0) is 12.2. The SMILES string of the molecule is SCCCCCCc1ccc[cH-]1.[Fe+2].c1cc[cH-]c1. The number of hydrogen-bond acceptors (Lipinski definition) is 1. The molecule has 0 fully saturated rings. The van der Waals surface area contributed by atoms with Crippen molar-refractivity contribution in [2.24, 2.45) is 0 Å². The number of thiol groups is 1. The van der Waals surface area contributed by atoms with E-state index in [9.17, 15) is 0 Å². The van der Waals surface area contributed by atoms with Crippen LogP contribution in [0.5, 0.6) is 0 Å². The van der Waals surface area contributed by atoms with Gasteiger partial charge in [-0.2, -0.15) is 48.5 Å². The number of unbranched alkanes of at least 4 members (excludes halogenated alkanes) is 3. The van der Waals surface area contributed by atoms with E-state index in [0.717, 1.165) is 5.75 Å². The Hall–Kier alpha value is -0.431. The monoisotopic (exact) mass is 302 g/mol. The number of aryl methyl sites for hydroxylation is 1. The first kappa shape index (κ1) is 17.6. The Morgan fingerprint density at radius 3 is 2.11 bits per heavy atom. The molecule has 2 heteroatoms. The largest absolute Gasteiger partial charge is 2.00 e. The Labute approximate surface area is 127 Å². The van der Waals surface area contributed by atoms with Crippen LogP contribution in [-0.2, 0) is 23.5 Å². The third-order valence-corrected chi connectivity index (χ3v) is 2.98. The van der Waals surface area contributed by atoms with Gasteiger partial charge in [-0.3, -0.25) is 0 Å². The van der Waals surface area contributed by atoms with Gasteiger partial charge in [0.15, 0.2) is 0 Å². The summed E-state index contributed by atoms with van der Waals surface area (Å²) in [6, 6.07) is 18.6. The summed E-state index contributed by atoms with van der Waals surface area (Å²) in [5, 5.41) is 0. The molecule has 2 aromatic carbocycles. The molecule has 0 radical (unpaired) electrons. The molecule has 2 rings (SSSR count). The van der Waals surface area contributed by atoms with Gasteiger partial charge in [0.1, 0.15) is 0 Å². The first-order valence-corrected chi connectivity index (χ1v) is 7.05. The van der Waals surface area contributed by atoms with Crippen molar-refractivity contribution in [2.75, 3.05) is 5.75 Å². The second-order valence-electron chi connectivity index (χ2n) is 4.14. The fourth-order valence-electron chi connectivity index (χ4n) is 1.70. The predicted octanol–water partition coefficient (Wildman–Crippen LogP) is 4.84. The van der Waals surface area contributed by atoms with E-state index in [0.29, 0.717) is 0 Å². The standard InChI is InChI=1S/C11H17S.C5H5.Fe/c12-10-6-2-1-3-7-11-8-4-5-9-11;1-2-4-5-3-1;/h4-5,8-9,12H,1-3,6-7,10H2;1-5H;/q2*-1;+2. The topological polar surface area (TPSA) is 0 Å². The van der Waals surface area contributed by atoms with E-state index in [1.165, 1.54) is 37.7 Å². The molecule has 0 aliphatic heterocycles. The van der Waals surface area contributed by atoms with Gasteiger partial charge in [-0.25, -0.2) is 24.3 Å². The van der Waals surface area contributed by atoms with E-state index in [2.05, 4.69) is 36.9 Å². The molecule has 0 amide bonds. The van der Waals surface area contributed by atoms with E-state index >= 15 is 0 Å². The predicted molar refractivity (Wildman–Crippen MR) is 80.1 cm³/mol. The zero-order valence-electron chi connectivity index (χ0n) is 10.7. The first-order valence-electron chi connectivity index (χ1n) is 6.41. The van der Waals surface area contributed by atoms with E-state index < -0.39 is 0 Å². The van der Waals surface area contributed by atoms with Gasteiger partial charge in [-0.15, -0.1) is 0 Å². The summed E-state index contributed by atoms with van der Waals surface area (Å²) >= 11 is 4.18. The van der Waals surface area contributed by atoms with Gasteiger partial charge >= 0.3 is 17.1 Å². The van der Waals surface area contributed by atoms with Gasteiger partial charge in [-0.05, 0) is 12.2 Å². The van der Waals surface area contributed by atoms with Crippen LogP contribution < -0.4 is 0 Å². The van der Waals surface area contributed by atoms with Crippen molar-refractivity contribution in [3.8, 4) is 0 Å². The fourth-order valence-corrected chi connectivity index (χ4v) is 1.92. The molecule has 0 atom stereocenters. The molecule has 0 unspecified atom stereocenters. The van der Waals surface area contributed by atoms with Crippen molar-refractivity contribution in [1.29, 1.82) is 0 Å². The molecule has 0 N–H and O–H groups in total. The minimum absolute atomic E-state index is 0. The maximum Gasteiger partial charge on any atom is 2.00 e. The van der Waals surface area contributed by atoms with Crippen molar-refractivity contribution in [2.45, 2.75) is 32.1 Å². The van der Waals surface area contributed by atoms with Crippen LogP contribution in [0.25, 0.3) is 0 Å². The first-order chi connectivity index (χ1) is 8.43. The van der Waals surface area contributed by atoms with Crippen LogP contribution in [0.2, 0.25) is 0 Å². The summed E-state index contributed by atoms with van der Waals surface area (Å²) < 4.78 is 0. The third-order valence-electron chi connectivity index (χ3n) is 2.66. The van der Waals surface area contributed by atoms with Crippen molar-refractivity contribution < 1.29 is 17.1 Å². The van der Waals surface area contributed by atoms with Crippen molar-refractivity contribution in [3.05, 3.63) is 60.2 Å². The second kappa shape index (κ2) is 13.0.